The Labute approximate surface area is 96.1 Å². The Morgan fingerprint density at radius 1 is 1.33 bits per heavy atom. The average molecular weight is 225 g/mol. The third-order valence-corrected chi connectivity index (χ3v) is 2.76. The van der Waals surface area contributed by atoms with Crippen molar-refractivity contribution < 1.29 is 0 Å². The lowest BCUT2D eigenvalue weighted by Gasteiger charge is -2.07. The van der Waals surface area contributed by atoms with Gasteiger partial charge >= 0.3 is 0 Å². The molecule has 0 atom stereocenters. The molecule has 1 N–H and O–H groups in total. The predicted molar refractivity (Wildman–Crippen MR) is 67.4 cm³/mol. The van der Waals surface area contributed by atoms with E-state index in [0.29, 0.717) is 0 Å². The van der Waals surface area contributed by atoms with Crippen molar-refractivity contribution in [3.05, 3.63) is 17.6 Å². The van der Waals surface area contributed by atoms with E-state index in [4.69, 9.17) is 0 Å². The third kappa shape index (κ3) is 4.51. The number of thioether (sulfide) groups is 1. The van der Waals surface area contributed by atoms with Crippen LogP contribution in [0.4, 0.5) is 5.82 Å². The van der Waals surface area contributed by atoms with Gasteiger partial charge < -0.3 is 5.32 Å². The van der Waals surface area contributed by atoms with Crippen LogP contribution in [0.2, 0.25) is 0 Å². The summed E-state index contributed by atoms with van der Waals surface area (Å²) >= 11 is 1.85. The van der Waals surface area contributed by atoms with E-state index in [0.717, 1.165) is 41.8 Å². The molecule has 1 aromatic rings. The fourth-order valence-corrected chi connectivity index (χ4v) is 1.75. The SMILES string of the molecule is CCCNc1cc(C)nc(CSCC)n1. The summed E-state index contributed by atoms with van der Waals surface area (Å²) in [6, 6.07) is 2.00. The molecule has 15 heavy (non-hydrogen) atoms. The molecule has 1 aromatic heterocycles. The van der Waals surface area contributed by atoms with Gasteiger partial charge in [-0.25, -0.2) is 9.97 Å². The maximum atomic E-state index is 4.47. The molecule has 0 saturated heterocycles. The van der Waals surface area contributed by atoms with Crippen molar-refractivity contribution in [2.45, 2.75) is 32.9 Å². The molecule has 0 aliphatic heterocycles. The van der Waals surface area contributed by atoms with Gasteiger partial charge in [0, 0.05) is 18.3 Å². The van der Waals surface area contributed by atoms with Crippen LogP contribution in [0.3, 0.4) is 0 Å². The van der Waals surface area contributed by atoms with Gasteiger partial charge in [0.1, 0.15) is 11.6 Å². The molecule has 0 fully saturated rings. The highest BCUT2D eigenvalue weighted by Crippen LogP contribution is 2.11. The van der Waals surface area contributed by atoms with Gasteiger partial charge in [-0.2, -0.15) is 11.8 Å². The first-order valence-electron chi connectivity index (χ1n) is 5.42. The fourth-order valence-electron chi connectivity index (χ4n) is 1.23. The van der Waals surface area contributed by atoms with Gasteiger partial charge in [-0.05, 0) is 19.1 Å². The van der Waals surface area contributed by atoms with Crippen molar-refractivity contribution in [3.63, 3.8) is 0 Å². The smallest absolute Gasteiger partial charge is 0.140 e. The second-order valence-corrected chi connectivity index (χ2v) is 4.65. The van der Waals surface area contributed by atoms with Crippen LogP contribution in [-0.4, -0.2) is 22.3 Å². The normalized spacial score (nSPS) is 10.3. The molecule has 1 heterocycles. The van der Waals surface area contributed by atoms with Crippen molar-refractivity contribution in [1.82, 2.24) is 9.97 Å². The van der Waals surface area contributed by atoms with Crippen molar-refractivity contribution in [2.24, 2.45) is 0 Å². The molecule has 4 heteroatoms. The van der Waals surface area contributed by atoms with Gasteiger partial charge in [0.2, 0.25) is 0 Å². The highest BCUT2D eigenvalue weighted by Gasteiger charge is 2.01. The molecule has 0 aliphatic carbocycles. The monoisotopic (exact) mass is 225 g/mol. The van der Waals surface area contributed by atoms with Crippen molar-refractivity contribution >= 4 is 17.6 Å². The zero-order chi connectivity index (χ0) is 11.1. The van der Waals surface area contributed by atoms with Crippen LogP contribution in [0.25, 0.3) is 0 Å². The zero-order valence-corrected chi connectivity index (χ0v) is 10.5. The van der Waals surface area contributed by atoms with E-state index < -0.39 is 0 Å². The van der Waals surface area contributed by atoms with E-state index in [1.54, 1.807) is 0 Å². The van der Waals surface area contributed by atoms with Crippen LogP contribution in [0, 0.1) is 6.92 Å². The number of anilines is 1. The predicted octanol–water partition coefficient (Wildman–Crippen LogP) is 2.86. The van der Waals surface area contributed by atoms with Gasteiger partial charge in [-0.3, -0.25) is 0 Å². The second-order valence-electron chi connectivity index (χ2n) is 3.37. The first-order chi connectivity index (χ1) is 7.26. The summed E-state index contributed by atoms with van der Waals surface area (Å²) in [5, 5.41) is 3.29. The van der Waals surface area contributed by atoms with Gasteiger partial charge in [-0.15, -0.1) is 0 Å². The molecule has 0 spiro atoms. The number of hydrogen-bond acceptors (Lipinski definition) is 4. The topological polar surface area (TPSA) is 37.8 Å². The number of aryl methyl sites for hydroxylation is 1. The van der Waals surface area contributed by atoms with Crippen LogP contribution < -0.4 is 5.32 Å². The summed E-state index contributed by atoms with van der Waals surface area (Å²) < 4.78 is 0. The molecule has 0 aliphatic rings. The van der Waals surface area contributed by atoms with E-state index in [-0.39, 0.29) is 0 Å². The van der Waals surface area contributed by atoms with Gasteiger partial charge in [0.05, 0.1) is 5.75 Å². The number of rotatable bonds is 6. The quantitative estimate of drug-likeness (QED) is 0.808. The Bertz CT molecular complexity index is 276. The van der Waals surface area contributed by atoms with E-state index >= 15 is 0 Å². The van der Waals surface area contributed by atoms with Gasteiger partial charge in [0.25, 0.3) is 0 Å². The van der Waals surface area contributed by atoms with E-state index in [2.05, 4.69) is 29.1 Å². The molecular weight excluding hydrogens is 206 g/mol. The van der Waals surface area contributed by atoms with Crippen LogP contribution in [0.5, 0.6) is 0 Å². The van der Waals surface area contributed by atoms with Crippen molar-refractivity contribution in [3.8, 4) is 0 Å². The Morgan fingerprint density at radius 2 is 2.13 bits per heavy atom. The Hall–Kier alpha value is -0.770. The fraction of sp³-hybridized carbons (Fsp3) is 0.636. The van der Waals surface area contributed by atoms with Crippen LogP contribution in [0.1, 0.15) is 31.8 Å². The third-order valence-electron chi connectivity index (χ3n) is 1.89. The molecule has 0 saturated carbocycles. The second kappa shape index (κ2) is 6.67. The average Bonchev–Trinajstić information content (AvgIpc) is 2.23. The summed E-state index contributed by atoms with van der Waals surface area (Å²) in [5.41, 5.74) is 1.04. The molecule has 84 valence electrons. The molecule has 3 nitrogen and oxygen atoms in total. The lowest BCUT2D eigenvalue weighted by Crippen LogP contribution is -2.05. The number of nitrogens with one attached hydrogen (secondary N) is 1. The molecule has 0 bridgehead atoms. The minimum atomic E-state index is 0.902. The molecule has 0 amide bonds. The highest BCUT2D eigenvalue weighted by atomic mass is 32.2. The summed E-state index contributed by atoms with van der Waals surface area (Å²) in [4.78, 5) is 8.87. The first-order valence-corrected chi connectivity index (χ1v) is 6.58. The zero-order valence-electron chi connectivity index (χ0n) is 9.71. The van der Waals surface area contributed by atoms with Crippen molar-refractivity contribution in [2.75, 3.05) is 17.6 Å². The van der Waals surface area contributed by atoms with Crippen molar-refractivity contribution in [1.29, 1.82) is 0 Å². The molecule has 0 aromatic carbocycles. The summed E-state index contributed by atoms with van der Waals surface area (Å²) in [5.74, 6) is 3.89. The lowest BCUT2D eigenvalue weighted by molar-refractivity contribution is 0.940. The van der Waals surface area contributed by atoms with Crippen LogP contribution >= 0.6 is 11.8 Å². The minimum Gasteiger partial charge on any atom is -0.370 e. The van der Waals surface area contributed by atoms with Crippen LogP contribution in [0.15, 0.2) is 6.07 Å². The summed E-state index contributed by atoms with van der Waals surface area (Å²) in [6.45, 7) is 7.28. The first kappa shape index (κ1) is 12.3. The Kier molecular flexibility index (Phi) is 5.47. The molecule has 0 unspecified atom stereocenters. The van der Waals surface area contributed by atoms with Gasteiger partial charge in [-0.1, -0.05) is 13.8 Å². The van der Waals surface area contributed by atoms with E-state index in [9.17, 15) is 0 Å². The largest absolute Gasteiger partial charge is 0.370 e. The maximum Gasteiger partial charge on any atom is 0.140 e. The number of aromatic nitrogens is 2. The maximum absolute atomic E-state index is 4.47. The summed E-state index contributed by atoms with van der Waals surface area (Å²) in [7, 11) is 0. The molecular formula is C11H19N3S. The highest BCUT2D eigenvalue weighted by molar-refractivity contribution is 7.98. The number of hydrogen-bond donors (Lipinski definition) is 1. The van der Waals surface area contributed by atoms with Crippen LogP contribution in [-0.2, 0) is 5.75 Å². The standard InChI is InChI=1S/C11H19N3S/c1-4-6-12-10-7-9(3)13-11(14-10)8-15-5-2/h7H,4-6,8H2,1-3H3,(H,12,13,14). The Morgan fingerprint density at radius 3 is 2.80 bits per heavy atom. The molecule has 1 rings (SSSR count). The lowest BCUT2D eigenvalue weighted by atomic mass is 10.4. The summed E-state index contributed by atoms with van der Waals surface area (Å²) in [6.07, 6.45) is 1.11. The van der Waals surface area contributed by atoms with E-state index in [1.165, 1.54) is 0 Å². The minimum absolute atomic E-state index is 0.902. The molecule has 0 radical (unpaired) electrons. The van der Waals surface area contributed by atoms with Gasteiger partial charge in [0.15, 0.2) is 0 Å². The Balaban J connectivity index is 2.66. The number of nitrogens with zero attached hydrogens (tertiary/aromatic N) is 2. The van der Waals surface area contributed by atoms with E-state index in [1.807, 2.05) is 24.8 Å².